The van der Waals surface area contributed by atoms with E-state index in [-0.39, 0.29) is 23.7 Å². The third-order valence-electron chi connectivity index (χ3n) is 9.95. The molecular weight excluding hydrogens is 691 g/mol. The maximum absolute atomic E-state index is 14.3. The molecule has 2 fully saturated rings. The number of ether oxygens (including phenoxy) is 1. The second-order valence-corrected chi connectivity index (χ2v) is 13.3. The Morgan fingerprint density at radius 3 is 2.43 bits per heavy atom. The molecular formula is C37H40F3N9O4. The van der Waals surface area contributed by atoms with Crippen LogP contribution in [0, 0.1) is 0 Å². The molecule has 3 aliphatic rings. The second kappa shape index (κ2) is 15.0. The van der Waals surface area contributed by atoms with Gasteiger partial charge in [-0.05, 0) is 36.2 Å². The molecule has 16 heteroatoms. The molecule has 0 saturated carbocycles. The van der Waals surface area contributed by atoms with Crippen molar-refractivity contribution >= 4 is 23.5 Å². The molecule has 2 N–H and O–H groups in total. The zero-order valence-corrected chi connectivity index (χ0v) is 29.1. The maximum Gasteiger partial charge on any atom is 0.504 e. The van der Waals surface area contributed by atoms with Crippen LogP contribution < -0.4 is 15.5 Å². The molecule has 53 heavy (non-hydrogen) atoms. The van der Waals surface area contributed by atoms with Crippen molar-refractivity contribution in [3.63, 3.8) is 0 Å². The van der Waals surface area contributed by atoms with Crippen LogP contribution in [0.3, 0.4) is 0 Å². The number of likely N-dealkylation sites (N-methyl/N-ethyl adjacent to an activating group) is 1. The monoisotopic (exact) mass is 731 g/mol. The van der Waals surface area contributed by atoms with E-state index in [4.69, 9.17) is 4.74 Å². The van der Waals surface area contributed by atoms with Crippen LogP contribution in [0.25, 0.3) is 5.69 Å². The second-order valence-electron chi connectivity index (χ2n) is 13.3. The van der Waals surface area contributed by atoms with Crippen molar-refractivity contribution in [3.8, 4) is 5.69 Å². The fourth-order valence-corrected chi connectivity index (χ4v) is 7.09. The fraction of sp³-hybridized carbons (Fsp3) is 0.378. The number of benzene rings is 2. The molecule has 3 amide bonds. The largest absolute Gasteiger partial charge is 0.504 e. The summed E-state index contributed by atoms with van der Waals surface area (Å²) < 4.78 is 46.6. The van der Waals surface area contributed by atoms with Gasteiger partial charge in [0.1, 0.15) is 17.6 Å². The van der Waals surface area contributed by atoms with Gasteiger partial charge in [0.25, 0.3) is 11.8 Å². The Morgan fingerprint density at radius 1 is 1.02 bits per heavy atom. The first-order chi connectivity index (χ1) is 25.5. The molecule has 3 aliphatic heterocycles. The Morgan fingerprint density at radius 2 is 1.77 bits per heavy atom. The van der Waals surface area contributed by atoms with Crippen molar-refractivity contribution in [3.05, 3.63) is 108 Å². The number of hydrogen-bond donors (Lipinski definition) is 2. The standard InChI is InChI=1S/C37H40F3N9O4/c1-3-47-35-29(20-42-49(35)27-10-5-4-6-11-27)31(32(36(47)52)43-34(51)30-12-13-48(44-30)37(38,39)40)26-9-7-8-25(18-26)19-41-33(50)24(2)21-45-14-16-46(17-15-45)28-22-53-23-28/h4-13,18,20,28,31-32H,2-3,14-17,19,21-23H2,1H3,(H,41,50)(H,43,51)/t31-,32+/m1/s1. The molecule has 2 aromatic heterocycles. The highest BCUT2D eigenvalue weighted by Crippen LogP contribution is 2.41. The van der Waals surface area contributed by atoms with E-state index in [1.807, 2.05) is 42.5 Å². The van der Waals surface area contributed by atoms with E-state index >= 15 is 0 Å². The van der Waals surface area contributed by atoms with Gasteiger partial charge in [0, 0.05) is 69.1 Å². The summed E-state index contributed by atoms with van der Waals surface area (Å²) in [6.07, 6.45) is -2.53. The van der Waals surface area contributed by atoms with Gasteiger partial charge in [-0.1, -0.05) is 49.0 Å². The molecule has 278 valence electrons. The number of carbonyl (C=O) groups excluding carboxylic acids is 3. The van der Waals surface area contributed by atoms with E-state index in [0.29, 0.717) is 47.0 Å². The van der Waals surface area contributed by atoms with E-state index in [9.17, 15) is 27.6 Å². The average molecular weight is 732 g/mol. The zero-order chi connectivity index (χ0) is 37.3. The van der Waals surface area contributed by atoms with Gasteiger partial charge in [0.15, 0.2) is 0 Å². The van der Waals surface area contributed by atoms with Crippen LogP contribution >= 0.6 is 0 Å². The number of carbonyl (C=O) groups is 3. The van der Waals surface area contributed by atoms with E-state index in [2.05, 4.69) is 37.2 Å². The number of nitrogens with one attached hydrogen (secondary N) is 2. The Labute approximate surface area is 304 Å². The fourth-order valence-electron chi connectivity index (χ4n) is 7.09. The van der Waals surface area contributed by atoms with Gasteiger partial charge in [0.05, 0.1) is 31.1 Å². The molecule has 5 heterocycles. The van der Waals surface area contributed by atoms with Gasteiger partial charge in [-0.15, -0.1) is 13.2 Å². The molecule has 7 rings (SSSR count). The number of halogens is 3. The van der Waals surface area contributed by atoms with E-state index in [0.717, 1.165) is 51.0 Å². The lowest BCUT2D eigenvalue weighted by Gasteiger charge is -2.42. The SMILES string of the molecule is C=C(CN1CCN(C2COC2)CC1)C(=O)NCc1cccc([C@@H]2c3cnn(-c4ccccc4)c3N(CC)C(=O)[C@H]2NC(=O)c2ccn(C(F)(F)F)n2)c1. The predicted octanol–water partition coefficient (Wildman–Crippen LogP) is 3.03. The lowest BCUT2D eigenvalue weighted by molar-refractivity contribution is -0.212. The number of nitrogens with zero attached hydrogens (tertiary/aromatic N) is 7. The van der Waals surface area contributed by atoms with E-state index in [1.165, 1.54) is 4.90 Å². The molecule has 2 aromatic carbocycles. The van der Waals surface area contributed by atoms with Gasteiger partial charge in [0.2, 0.25) is 5.91 Å². The van der Waals surface area contributed by atoms with Gasteiger partial charge in [-0.25, -0.2) is 4.68 Å². The van der Waals surface area contributed by atoms with E-state index < -0.39 is 35.8 Å². The van der Waals surface area contributed by atoms with Crippen molar-refractivity contribution < 1.29 is 32.3 Å². The summed E-state index contributed by atoms with van der Waals surface area (Å²) in [4.78, 5) is 47.0. The van der Waals surface area contributed by atoms with Gasteiger partial charge >= 0.3 is 6.30 Å². The minimum Gasteiger partial charge on any atom is -0.378 e. The van der Waals surface area contributed by atoms with Crippen molar-refractivity contribution in [2.24, 2.45) is 0 Å². The lowest BCUT2D eigenvalue weighted by atomic mass is 9.82. The van der Waals surface area contributed by atoms with Crippen molar-refractivity contribution in [1.29, 1.82) is 0 Å². The van der Waals surface area contributed by atoms with E-state index in [1.54, 1.807) is 29.9 Å². The van der Waals surface area contributed by atoms with Crippen molar-refractivity contribution in [2.75, 3.05) is 57.4 Å². The van der Waals surface area contributed by atoms with Crippen LogP contribution in [-0.2, 0) is 27.2 Å². The molecule has 13 nitrogen and oxygen atoms in total. The third kappa shape index (κ3) is 7.47. The number of piperazine rings is 1. The smallest absolute Gasteiger partial charge is 0.378 e. The highest BCUT2D eigenvalue weighted by atomic mass is 19.4. The number of hydrogen-bond acceptors (Lipinski definition) is 8. The molecule has 0 radical (unpaired) electrons. The zero-order valence-electron chi connectivity index (χ0n) is 29.1. The highest BCUT2D eigenvalue weighted by Gasteiger charge is 2.45. The topological polar surface area (TPSA) is 130 Å². The molecule has 0 bridgehead atoms. The number of para-hydroxylation sites is 1. The summed E-state index contributed by atoms with van der Waals surface area (Å²) in [5.74, 6) is -1.96. The van der Waals surface area contributed by atoms with Crippen LogP contribution in [0.4, 0.5) is 19.0 Å². The number of alkyl halides is 3. The quantitative estimate of drug-likeness (QED) is 0.226. The van der Waals surface area contributed by atoms with Crippen LogP contribution in [0.1, 0.15) is 40.0 Å². The minimum absolute atomic E-state index is 0.172. The Balaban J connectivity index is 1.12. The first kappa shape index (κ1) is 36.1. The Bertz CT molecular complexity index is 1980. The normalized spacial score (nSPS) is 19.8. The first-order valence-corrected chi connectivity index (χ1v) is 17.5. The summed E-state index contributed by atoms with van der Waals surface area (Å²) in [6.45, 7) is 11.7. The van der Waals surface area contributed by atoms with Crippen LogP contribution in [-0.4, -0.2) is 112 Å². The maximum atomic E-state index is 14.3. The van der Waals surface area contributed by atoms with Crippen molar-refractivity contribution in [2.45, 2.75) is 37.8 Å². The van der Waals surface area contributed by atoms with Crippen LogP contribution in [0.15, 0.2) is 85.2 Å². The van der Waals surface area contributed by atoms with Gasteiger partial charge in [-0.3, -0.25) is 29.1 Å². The van der Waals surface area contributed by atoms with Crippen molar-refractivity contribution in [1.82, 2.24) is 40.0 Å². The molecule has 0 aliphatic carbocycles. The lowest BCUT2D eigenvalue weighted by Crippen LogP contribution is -2.56. The minimum atomic E-state index is -4.81. The predicted molar refractivity (Wildman–Crippen MR) is 188 cm³/mol. The molecule has 2 atom stereocenters. The van der Waals surface area contributed by atoms with Crippen LogP contribution in [0.5, 0.6) is 0 Å². The number of aromatic nitrogens is 4. The van der Waals surface area contributed by atoms with Crippen LogP contribution in [0.2, 0.25) is 0 Å². The summed E-state index contributed by atoms with van der Waals surface area (Å²) in [7, 11) is 0. The Kier molecular flexibility index (Phi) is 10.2. The molecule has 2 saturated heterocycles. The van der Waals surface area contributed by atoms with Gasteiger partial charge < -0.3 is 15.4 Å². The summed E-state index contributed by atoms with van der Waals surface area (Å²) in [5, 5.41) is 13.7. The van der Waals surface area contributed by atoms with Gasteiger partial charge in [-0.2, -0.15) is 14.9 Å². The number of rotatable bonds is 11. The molecule has 0 unspecified atom stereocenters. The summed E-state index contributed by atoms with van der Waals surface area (Å²) in [6, 6.07) is 16.8. The number of amides is 3. The molecule has 4 aromatic rings. The first-order valence-electron chi connectivity index (χ1n) is 17.5. The Hall–Kier alpha value is -5.32. The number of anilines is 1. The number of fused-ring (bicyclic) bond motifs is 1. The average Bonchev–Trinajstić information content (AvgIpc) is 3.81. The third-order valence-corrected chi connectivity index (χ3v) is 9.95. The molecule has 0 spiro atoms. The summed E-state index contributed by atoms with van der Waals surface area (Å²) in [5.41, 5.74) is 2.67. The summed E-state index contributed by atoms with van der Waals surface area (Å²) >= 11 is 0. The highest BCUT2D eigenvalue weighted by molar-refractivity contribution is 6.04.